The average Bonchev–Trinajstić information content (AvgIpc) is 3.32. The van der Waals surface area contributed by atoms with Crippen LogP contribution in [0, 0.1) is 56.7 Å². The van der Waals surface area contributed by atoms with Crippen LogP contribution in [0.5, 0.6) is 0 Å². The minimum Gasteiger partial charge on any atom is -0.394 e. The van der Waals surface area contributed by atoms with Crippen molar-refractivity contribution in [2.24, 2.45) is 56.7 Å². The third-order valence-electron chi connectivity index (χ3n) is 15.5. The maximum absolute atomic E-state index is 11.0. The summed E-state index contributed by atoms with van der Waals surface area (Å²) in [6.45, 7) is 19.6. The van der Waals surface area contributed by atoms with E-state index < -0.39 is 24.6 Å². The van der Waals surface area contributed by atoms with Gasteiger partial charge in [-0.3, -0.25) is 0 Å². The third-order valence-corrected chi connectivity index (χ3v) is 15.5. The minimum atomic E-state index is -1.08. The Bertz CT molecular complexity index is 1040. The molecule has 0 aromatic rings. The molecular weight excluding hydrogens is 528 g/mol. The first-order valence-corrected chi connectivity index (χ1v) is 17.2. The molecule has 240 valence electrons. The van der Waals surface area contributed by atoms with Gasteiger partial charge >= 0.3 is 0 Å². The van der Waals surface area contributed by atoms with Gasteiger partial charge in [-0.2, -0.15) is 0 Å². The Labute approximate surface area is 254 Å². The second kappa shape index (κ2) is 10.5. The highest BCUT2D eigenvalue weighted by Crippen LogP contribution is 2.77. The summed E-state index contributed by atoms with van der Waals surface area (Å²) >= 11 is 0. The van der Waals surface area contributed by atoms with Crippen LogP contribution >= 0.6 is 0 Å². The molecule has 1 aliphatic heterocycles. The van der Waals surface area contributed by atoms with Gasteiger partial charge in [0.15, 0.2) is 6.29 Å². The monoisotopic (exact) mass is 588 g/mol. The molecule has 1 heterocycles. The van der Waals surface area contributed by atoms with Crippen LogP contribution < -0.4 is 0 Å². The van der Waals surface area contributed by atoms with Crippen LogP contribution in [0.2, 0.25) is 0 Å². The predicted octanol–water partition coefficient (Wildman–Crippen LogP) is 5.85. The van der Waals surface area contributed by atoms with E-state index in [1.165, 1.54) is 37.7 Å². The molecule has 0 aromatic carbocycles. The standard InChI is InChI=1S/C36H60O6/c1-21(2)22-10-15-36(20-41-29-18-24(38)31(40)25(19-37)42-29)17-16-34(6)23(30(22)36)8-9-27-33(5)13-12-28(39)32(3,4)26(33)11-14-35(27,34)7/h22-31,37-40H,1,8-20H2,2-7H3/t22-,23+,24+,25+,26-,27+,28-,29-,30+,31-,33-,34+,35+,36+/m0/s1. The van der Waals surface area contributed by atoms with Gasteiger partial charge in [-0.1, -0.05) is 46.8 Å². The van der Waals surface area contributed by atoms with Crippen LogP contribution in [0.4, 0.5) is 0 Å². The average molecular weight is 589 g/mol. The van der Waals surface area contributed by atoms with E-state index >= 15 is 0 Å². The zero-order valence-corrected chi connectivity index (χ0v) is 27.3. The molecule has 1 saturated heterocycles. The lowest BCUT2D eigenvalue weighted by Crippen LogP contribution is -2.66. The highest BCUT2D eigenvalue weighted by atomic mass is 16.7. The van der Waals surface area contributed by atoms with Crippen molar-refractivity contribution in [3.63, 3.8) is 0 Å². The first-order chi connectivity index (χ1) is 19.6. The van der Waals surface area contributed by atoms with Gasteiger partial charge in [0, 0.05) is 6.42 Å². The Morgan fingerprint density at radius 3 is 2.29 bits per heavy atom. The lowest BCUT2D eigenvalue weighted by Gasteiger charge is -2.73. The molecular formula is C36H60O6. The molecule has 5 saturated carbocycles. The van der Waals surface area contributed by atoms with E-state index in [4.69, 9.17) is 9.47 Å². The molecule has 4 N–H and O–H groups in total. The van der Waals surface area contributed by atoms with E-state index in [1.807, 2.05) is 0 Å². The summed E-state index contributed by atoms with van der Waals surface area (Å²) in [6, 6.07) is 0. The SMILES string of the molecule is C=C(C)[C@@H]1CC[C@]2(CO[C@@H]3C[C@@H](O)[C@H](O)[C@@H](CO)O3)CC[C@]3(C)[C@H](CC[C@@H]4[C@@]5(C)CC[C@H](O)C(C)(C)[C@@H]5CC[C@]43C)[C@@H]12. The number of rotatable bonds is 5. The van der Waals surface area contributed by atoms with Crippen molar-refractivity contribution in [1.29, 1.82) is 0 Å². The number of allylic oxidation sites excluding steroid dienone is 1. The van der Waals surface area contributed by atoms with Crippen molar-refractivity contribution in [3.8, 4) is 0 Å². The first kappa shape index (κ1) is 31.5. The van der Waals surface area contributed by atoms with E-state index in [1.54, 1.807) is 0 Å². The Balaban J connectivity index is 1.28. The molecule has 5 aliphatic carbocycles. The van der Waals surface area contributed by atoms with E-state index in [0.29, 0.717) is 36.2 Å². The zero-order valence-electron chi connectivity index (χ0n) is 27.3. The van der Waals surface area contributed by atoms with Crippen LogP contribution in [-0.4, -0.2) is 64.3 Å². The molecule has 6 rings (SSSR count). The molecule has 6 fully saturated rings. The Morgan fingerprint density at radius 2 is 1.60 bits per heavy atom. The molecule has 0 bridgehead atoms. The quantitative estimate of drug-likeness (QED) is 0.301. The second-order valence-corrected chi connectivity index (χ2v) is 17.3. The number of aliphatic hydroxyl groups excluding tert-OH is 4. The summed E-state index contributed by atoms with van der Waals surface area (Å²) in [5.74, 6) is 2.90. The summed E-state index contributed by atoms with van der Waals surface area (Å²) in [5.41, 5.74) is 2.15. The van der Waals surface area contributed by atoms with Crippen LogP contribution in [0.1, 0.15) is 112 Å². The van der Waals surface area contributed by atoms with Crippen molar-refractivity contribution >= 4 is 0 Å². The summed E-state index contributed by atoms with van der Waals surface area (Å²) in [5, 5.41) is 41.4. The van der Waals surface area contributed by atoms with Crippen molar-refractivity contribution < 1.29 is 29.9 Å². The molecule has 0 radical (unpaired) electrons. The second-order valence-electron chi connectivity index (χ2n) is 17.3. The Morgan fingerprint density at radius 1 is 0.857 bits per heavy atom. The van der Waals surface area contributed by atoms with Crippen LogP contribution in [0.15, 0.2) is 12.2 Å². The van der Waals surface area contributed by atoms with Crippen molar-refractivity contribution in [2.75, 3.05) is 13.2 Å². The van der Waals surface area contributed by atoms with E-state index in [0.717, 1.165) is 32.1 Å². The maximum atomic E-state index is 11.0. The summed E-state index contributed by atoms with van der Waals surface area (Å²) in [4.78, 5) is 0. The highest BCUT2D eigenvalue weighted by Gasteiger charge is 2.71. The fraction of sp³-hybridized carbons (Fsp3) is 0.944. The van der Waals surface area contributed by atoms with E-state index in [-0.39, 0.29) is 46.2 Å². The number of ether oxygens (including phenoxy) is 2. The highest BCUT2D eigenvalue weighted by molar-refractivity contribution is 5.21. The smallest absolute Gasteiger partial charge is 0.160 e. The van der Waals surface area contributed by atoms with Gasteiger partial charge < -0.3 is 29.9 Å². The van der Waals surface area contributed by atoms with Crippen LogP contribution in [0.25, 0.3) is 0 Å². The van der Waals surface area contributed by atoms with E-state index in [2.05, 4.69) is 48.1 Å². The zero-order chi connectivity index (χ0) is 30.5. The van der Waals surface area contributed by atoms with Crippen LogP contribution in [-0.2, 0) is 9.47 Å². The van der Waals surface area contributed by atoms with Gasteiger partial charge in [0.2, 0.25) is 0 Å². The fourth-order valence-corrected chi connectivity index (χ4v) is 13.0. The maximum Gasteiger partial charge on any atom is 0.160 e. The molecule has 6 aliphatic rings. The predicted molar refractivity (Wildman–Crippen MR) is 163 cm³/mol. The largest absolute Gasteiger partial charge is 0.394 e. The van der Waals surface area contributed by atoms with Gasteiger partial charge in [0.05, 0.1) is 25.4 Å². The molecule has 0 spiro atoms. The van der Waals surface area contributed by atoms with Gasteiger partial charge in [-0.15, -0.1) is 0 Å². The van der Waals surface area contributed by atoms with Crippen molar-refractivity contribution in [3.05, 3.63) is 12.2 Å². The Kier molecular flexibility index (Phi) is 7.89. The molecule has 42 heavy (non-hydrogen) atoms. The van der Waals surface area contributed by atoms with Crippen LogP contribution in [0.3, 0.4) is 0 Å². The summed E-state index contributed by atoms with van der Waals surface area (Å²) in [6.07, 6.45) is 8.33. The summed E-state index contributed by atoms with van der Waals surface area (Å²) in [7, 11) is 0. The van der Waals surface area contributed by atoms with Gasteiger partial charge in [-0.25, -0.2) is 0 Å². The number of fused-ring (bicyclic) bond motifs is 7. The number of hydrogen-bond acceptors (Lipinski definition) is 6. The molecule has 0 unspecified atom stereocenters. The normalized spacial score (nSPS) is 55.2. The lowest BCUT2D eigenvalue weighted by molar-refractivity contribution is -0.277. The summed E-state index contributed by atoms with van der Waals surface area (Å²) < 4.78 is 12.4. The Hall–Kier alpha value is -0.500. The number of hydrogen-bond donors (Lipinski definition) is 4. The van der Waals surface area contributed by atoms with Gasteiger partial charge in [0.1, 0.15) is 12.2 Å². The van der Waals surface area contributed by atoms with Crippen molar-refractivity contribution in [1.82, 2.24) is 0 Å². The molecule has 6 heteroatoms. The molecule has 6 nitrogen and oxygen atoms in total. The molecule has 14 atom stereocenters. The molecule has 0 amide bonds. The molecule has 0 aromatic heterocycles. The van der Waals surface area contributed by atoms with E-state index in [9.17, 15) is 20.4 Å². The third kappa shape index (κ3) is 4.31. The fourth-order valence-electron chi connectivity index (χ4n) is 13.0. The first-order valence-electron chi connectivity index (χ1n) is 17.2. The minimum absolute atomic E-state index is 0.0263. The van der Waals surface area contributed by atoms with Gasteiger partial charge in [-0.05, 0) is 128 Å². The topological polar surface area (TPSA) is 99.4 Å². The lowest BCUT2D eigenvalue weighted by atomic mass is 9.32. The van der Waals surface area contributed by atoms with Crippen molar-refractivity contribution in [2.45, 2.75) is 143 Å². The number of aliphatic hydroxyl groups is 4. The van der Waals surface area contributed by atoms with Gasteiger partial charge in [0.25, 0.3) is 0 Å².